The van der Waals surface area contributed by atoms with Crippen LogP contribution in [-0.2, 0) is 0 Å². The molecule has 10 heavy (non-hydrogen) atoms. The molecule has 1 aliphatic rings. The minimum absolute atomic E-state index is 0.0330. The zero-order chi connectivity index (χ0) is 7.56. The van der Waals surface area contributed by atoms with Crippen LogP contribution >= 0.6 is 15.9 Å². The summed E-state index contributed by atoms with van der Waals surface area (Å²) in [6, 6.07) is 0. The fraction of sp³-hybridized carbons (Fsp3) is 1.00. The second-order valence-electron chi connectivity index (χ2n) is 2.58. The number of piperidine rings is 1. The Morgan fingerprint density at radius 2 is 2.30 bits per heavy atom. The van der Waals surface area contributed by atoms with Crippen molar-refractivity contribution in [2.24, 2.45) is 5.92 Å². The summed E-state index contributed by atoms with van der Waals surface area (Å²) >= 11 is 3.26. The van der Waals surface area contributed by atoms with E-state index in [-0.39, 0.29) is 17.5 Å². The van der Waals surface area contributed by atoms with Gasteiger partial charge in [0.2, 0.25) is 0 Å². The van der Waals surface area contributed by atoms with E-state index in [1.54, 1.807) is 0 Å². The molecule has 1 aliphatic heterocycles. The predicted octanol–water partition coefficient (Wildman–Crippen LogP) is -0.330. The van der Waals surface area contributed by atoms with E-state index < -0.39 is 6.10 Å². The van der Waals surface area contributed by atoms with Gasteiger partial charge >= 0.3 is 0 Å². The summed E-state index contributed by atoms with van der Waals surface area (Å²) in [5, 5.41) is 21.2. The van der Waals surface area contributed by atoms with Crippen molar-refractivity contribution in [2.45, 2.75) is 17.5 Å². The third-order valence-electron chi connectivity index (χ3n) is 1.87. The van der Waals surface area contributed by atoms with E-state index in [2.05, 4.69) is 21.2 Å². The number of hydrogen-bond acceptors (Lipinski definition) is 3. The molecule has 3 nitrogen and oxygen atoms in total. The number of alkyl halides is 1. The zero-order valence-corrected chi connectivity index (χ0v) is 7.21. The zero-order valence-electron chi connectivity index (χ0n) is 5.63. The molecule has 0 amide bonds. The Balaban J connectivity index is 2.42. The van der Waals surface area contributed by atoms with Crippen molar-refractivity contribution in [1.82, 2.24) is 5.32 Å². The van der Waals surface area contributed by atoms with E-state index in [9.17, 15) is 5.11 Å². The summed E-state index contributed by atoms with van der Waals surface area (Å²) in [6.07, 6.45) is 0.387. The molecule has 0 radical (unpaired) electrons. The average Bonchev–Trinajstić information content (AvgIpc) is 1.95. The van der Waals surface area contributed by atoms with E-state index in [0.29, 0.717) is 0 Å². The second-order valence-corrected chi connectivity index (χ2v) is 3.56. The van der Waals surface area contributed by atoms with Gasteiger partial charge < -0.3 is 15.5 Å². The summed E-state index contributed by atoms with van der Waals surface area (Å²) in [6.45, 7) is 0.934. The van der Waals surface area contributed by atoms with Crippen molar-refractivity contribution in [3.05, 3.63) is 0 Å². The van der Waals surface area contributed by atoms with E-state index in [1.807, 2.05) is 0 Å². The Morgan fingerprint density at radius 3 is 2.80 bits per heavy atom. The van der Waals surface area contributed by atoms with Gasteiger partial charge in [0.25, 0.3) is 0 Å². The molecule has 1 saturated heterocycles. The van der Waals surface area contributed by atoms with Crippen LogP contribution in [0.5, 0.6) is 0 Å². The molecule has 0 bridgehead atoms. The first kappa shape index (κ1) is 8.46. The van der Waals surface area contributed by atoms with Gasteiger partial charge in [-0.1, -0.05) is 15.9 Å². The van der Waals surface area contributed by atoms with Gasteiger partial charge in [-0.2, -0.15) is 0 Å². The van der Waals surface area contributed by atoms with Gasteiger partial charge in [0.05, 0.1) is 11.1 Å². The lowest BCUT2D eigenvalue weighted by molar-refractivity contribution is 0.0387. The summed E-state index contributed by atoms with van der Waals surface area (Å²) < 4.78 is 0. The van der Waals surface area contributed by atoms with E-state index in [4.69, 9.17) is 5.11 Å². The summed E-state index contributed by atoms with van der Waals surface area (Å²) in [4.78, 5) is -0.0570. The summed E-state index contributed by atoms with van der Waals surface area (Å²) in [5.74, 6) is 0.0330. The monoisotopic (exact) mass is 209 g/mol. The van der Waals surface area contributed by atoms with Crippen LogP contribution in [-0.4, -0.2) is 34.4 Å². The molecule has 0 spiro atoms. The first-order chi connectivity index (χ1) is 4.75. The van der Waals surface area contributed by atoms with Crippen LogP contribution in [0, 0.1) is 5.92 Å². The van der Waals surface area contributed by atoms with E-state index >= 15 is 0 Å². The van der Waals surface area contributed by atoms with Crippen LogP contribution in [0.1, 0.15) is 6.42 Å². The molecule has 0 aromatic heterocycles. The van der Waals surface area contributed by atoms with Crippen molar-refractivity contribution in [2.75, 3.05) is 13.2 Å². The van der Waals surface area contributed by atoms with Crippen molar-refractivity contribution in [1.29, 1.82) is 0 Å². The van der Waals surface area contributed by atoms with Crippen LogP contribution < -0.4 is 5.32 Å². The topological polar surface area (TPSA) is 52.5 Å². The molecule has 3 atom stereocenters. The van der Waals surface area contributed by atoms with Gasteiger partial charge in [-0.15, -0.1) is 0 Å². The molecule has 60 valence electrons. The molecule has 0 aromatic rings. The average molecular weight is 210 g/mol. The molecule has 1 heterocycles. The number of hydrogen-bond donors (Lipinski definition) is 3. The largest absolute Gasteiger partial charge is 0.396 e. The Morgan fingerprint density at radius 1 is 1.60 bits per heavy atom. The Hall–Kier alpha value is 0.360. The minimum atomic E-state index is -0.459. The summed E-state index contributed by atoms with van der Waals surface area (Å²) in [7, 11) is 0. The number of rotatable bonds is 1. The van der Waals surface area contributed by atoms with Gasteiger partial charge in [0.15, 0.2) is 0 Å². The lowest BCUT2D eigenvalue weighted by Gasteiger charge is -2.31. The van der Waals surface area contributed by atoms with Crippen molar-refractivity contribution >= 4 is 15.9 Å². The minimum Gasteiger partial charge on any atom is -0.396 e. The van der Waals surface area contributed by atoms with E-state index in [1.165, 1.54) is 0 Å². The number of aliphatic hydroxyl groups excluding tert-OH is 2. The molecule has 3 unspecified atom stereocenters. The molecule has 3 N–H and O–H groups in total. The standard InChI is InChI=1S/C6H12BrNO2/c7-6-5(10)4(3-9)1-2-8-6/h4-6,8-10H,1-3H2. The molecule has 0 aliphatic carbocycles. The maximum atomic E-state index is 9.37. The lowest BCUT2D eigenvalue weighted by atomic mass is 9.96. The van der Waals surface area contributed by atoms with Crippen molar-refractivity contribution < 1.29 is 10.2 Å². The normalized spacial score (nSPS) is 41.7. The van der Waals surface area contributed by atoms with Crippen LogP contribution in [0.2, 0.25) is 0 Å². The molecule has 1 rings (SSSR count). The van der Waals surface area contributed by atoms with Crippen LogP contribution in [0.3, 0.4) is 0 Å². The van der Waals surface area contributed by atoms with Crippen molar-refractivity contribution in [3.8, 4) is 0 Å². The number of aliphatic hydroxyl groups is 2. The van der Waals surface area contributed by atoms with Crippen molar-refractivity contribution in [3.63, 3.8) is 0 Å². The molecule has 0 aromatic carbocycles. The third kappa shape index (κ3) is 1.69. The summed E-state index contributed by atoms with van der Waals surface area (Å²) in [5.41, 5.74) is 0. The Labute approximate surface area is 68.6 Å². The number of nitrogens with one attached hydrogen (secondary N) is 1. The second kappa shape index (κ2) is 3.67. The highest BCUT2D eigenvalue weighted by Gasteiger charge is 2.28. The highest BCUT2D eigenvalue weighted by Crippen LogP contribution is 2.19. The van der Waals surface area contributed by atoms with Gasteiger partial charge in [-0.3, -0.25) is 0 Å². The molecule has 4 heteroatoms. The van der Waals surface area contributed by atoms with Gasteiger partial charge in [-0.05, 0) is 13.0 Å². The fourth-order valence-electron chi connectivity index (χ4n) is 1.14. The molecular weight excluding hydrogens is 198 g/mol. The smallest absolute Gasteiger partial charge is 0.0897 e. The predicted molar refractivity (Wildman–Crippen MR) is 41.9 cm³/mol. The number of halogens is 1. The lowest BCUT2D eigenvalue weighted by Crippen LogP contribution is -2.47. The Bertz CT molecular complexity index is 112. The SMILES string of the molecule is OCC1CCNC(Br)C1O. The maximum absolute atomic E-state index is 9.37. The molecular formula is C6H12BrNO2. The van der Waals surface area contributed by atoms with Gasteiger partial charge in [-0.25, -0.2) is 0 Å². The van der Waals surface area contributed by atoms with Gasteiger partial charge in [0.1, 0.15) is 0 Å². The maximum Gasteiger partial charge on any atom is 0.0897 e. The van der Waals surface area contributed by atoms with Crippen LogP contribution in [0.25, 0.3) is 0 Å². The van der Waals surface area contributed by atoms with Gasteiger partial charge in [0, 0.05) is 12.5 Å². The Kier molecular flexibility index (Phi) is 3.10. The van der Waals surface area contributed by atoms with Crippen LogP contribution in [0.15, 0.2) is 0 Å². The fourth-order valence-corrected chi connectivity index (χ4v) is 1.80. The first-order valence-electron chi connectivity index (χ1n) is 3.42. The quantitative estimate of drug-likeness (QED) is 0.410. The highest BCUT2D eigenvalue weighted by molar-refractivity contribution is 9.09. The highest BCUT2D eigenvalue weighted by atomic mass is 79.9. The van der Waals surface area contributed by atoms with E-state index in [0.717, 1.165) is 13.0 Å². The molecule has 1 fully saturated rings. The van der Waals surface area contributed by atoms with Crippen LogP contribution in [0.4, 0.5) is 0 Å². The first-order valence-corrected chi connectivity index (χ1v) is 4.33. The molecule has 0 saturated carbocycles. The third-order valence-corrected chi connectivity index (χ3v) is 2.74.